The average molecular weight is 681 g/mol. The number of ether oxygens (including phenoxy) is 2. The second kappa shape index (κ2) is 16.5. The highest BCUT2D eigenvalue weighted by Crippen LogP contribution is 2.36. The molecule has 4 aromatic rings. The van der Waals surface area contributed by atoms with Crippen LogP contribution in [-0.2, 0) is 26.1 Å². The lowest BCUT2D eigenvalue weighted by atomic mass is 10.00. The van der Waals surface area contributed by atoms with E-state index in [9.17, 15) is 9.00 Å². The van der Waals surface area contributed by atoms with E-state index in [1.54, 1.807) is 6.20 Å². The molecule has 9 heteroatoms. The van der Waals surface area contributed by atoms with Crippen molar-refractivity contribution in [3.05, 3.63) is 96.1 Å². The number of unbranched alkanes of at least 4 members (excludes halogenated alkanes) is 1. The number of anilines is 2. The van der Waals surface area contributed by atoms with E-state index in [2.05, 4.69) is 70.9 Å². The van der Waals surface area contributed by atoms with Crippen LogP contribution in [0.25, 0.3) is 17.2 Å². The number of amides is 1. The highest BCUT2D eigenvalue weighted by Gasteiger charge is 2.26. The van der Waals surface area contributed by atoms with Crippen LogP contribution in [0.4, 0.5) is 11.4 Å². The number of benzene rings is 3. The number of hydrogen-bond donors (Lipinski definition) is 1. The maximum Gasteiger partial charge on any atom is 0.251 e. The Morgan fingerprint density at radius 1 is 1.00 bits per heavy atom. The molecule has 0 radical (unpaired) electrons. The SMILES string of the molecule is CCCCOCCOc1ccc(-c2ccc3c(c2)C=C(C(=O)Nc2ccc(S(=O)Cc4nccn4C4CC4)cc2)CCN3CC(C)C)cc1. The number of hydrogen-bond acceptors (Lipinski definition) is 6. The molecule has 1 unspecified atom stereocenters. The van der Waals surface area contributed by atoms with E-state index in [-0.39, 0.29) is 5.91 Å². The van der Waals surface area contributed by atoms with Crippen molar-refractivity contribution in [2.75, 3.05) is 43.1 Å². The second-order valence-electron chi connectivity index (χ2n) is 13.3. The Balaban J connectivity index is 1.13. The van der Waals surface area contributed by atoms with Gasteiger partial charge in [0.05, 0.1) is 23.2 Å². The second-order valence-corrected chi connectivity index (χ2v) is 14.8. The fraction of sp³-hybridized carbons (Fsp3) is 0.400. The molecule has 1 atom stereocenters. The van der Waals surface area contributed by atoms with Gasteiger partial charge in [-0.15, -0.1) is 0 Å². The molecule has 49 heavy (non-hydrogen) atoms. The van der Waals surface area contributed by atoms with Crippen molar-refractivity contribution in [2.24, 2.45) is 5.92 Å². The summed E-state index contributed by atoms with van der Waals surface area (Å²) < 4.78 is 26.8. The van der Waals surface area contributed by atoms with Crippen LogP contribution in [0, 0.1) is 5.92 Å². The van der Waals surface area contributed by atoms with Crippen LogP contribution in [0.15, 0.2) is 89.6 Å². The molecule has 6 rings (SSSR count). The zero-order valence-corrected chi connectivity index (χ0v) is 29.7. The first-order valence-corrected chi connectivity index (χ1v) is 18.9. The molecule has 8 nitrogen and oxygen atoms in total. The summed E-state index contributed by atoms with van der Waals surface area (Å²) in [5.74, 6) is 2.41. The van der Waals surface area contributed by atoms with E-state index < -0.39 is 10.8 Å². The van der Waals surface area contributed by atoms with Gasteiger partial charge in [0.1, 0.15) is 18.2 Å². The summed E-state index contributed by atoms with van der Waals surface area (Å²) in [6.07, 6.45) is 10.9. The third kappa shape index (κ3) is 9.28. The molecule has 2 heterocycles. The minimum absolute atomic E-state index is 0.122. The van der Waals surface area contributed by atoms with Gasteiger partial charge in [0.2, 0.25) is 0 Å². The van der Waals surface area contributed by atoms with Gasteiger partial charge in [0, 0.05) is 60.0 Å². The highest BCUT2D eigenvalue weighted by atomic mass is 32.2. The van der Waals surface area contributed by atoms with Crippen molar-refractivity contribution in [3.63, 3.8) is 0 Å². The predicted octanol–water partition coefficient (Wildman–Crippen LogP) is 8.28. The fourth-order valence-corrected chi connectivity index (χ4v) is 7.20. The van der Waals surface area contributed by atoms with Crippen molar-refractivity contribution < 1.29 is 18.5 Å². The molecule has 258 valence electrons. The Morgan fingerprint density at radius 3 is 2.51 bits per heavy atom. The molecular weight excluding hydrogens is 633 g/mol. The maximum absolute atomic E-state index is 13.7. The number of nitrogens with zero attached hydrogens (tertiary/aromatic N) is 3. The van der Waals surface area contributed by atoms with E-state index >= 15 is 0 Å². The minimum Gasteiger partial charge on any atom is -0.491 e. The van der Waals surface area contributed by atoms with Gasteiger partial charge in [-0.05, 0) is 103 Å². The molecule has 1 aromatic heterocycles. The Kier molecular flexibility index (Phi) is 11.6. The quantitative estimate of drug-likeness (QED) is 0.120. The molecule has 3 aromatic carbocycles. The van der Waals surface area contributed by atoms with Gasteiger partial charge in [-0.2, -0.15) is 0 Å². The van der Waals surface area contributed by atoms with Gasteiger partial charge in [-0.1, -0.05) is 45.4 Å². The third-order valence-electron chi connectivity index (χ3n) is 8.88. The summed E-state index contributed by atoms with van der Waals surface area (Å²) in [5.41, 5.74) is 5.74. The highest BCUT2D eigenvalue weighted by molar-refractivity contribution is 7.84. The zero-order chi connectivity index (χ0) is 34.2. The van der Waals surface area contributed by atoms with E-state index in [1.165, 1.54) is 0 Å². The molecule has 0 spiro atoms. The Labute approximate surface area is 293 Å². The van der Waals surface area contributed by atoms with Gasteiger partial charge < -0.3 is 24.3 Å². The molecule has 2 aliphatic rings. The smallest absolute Gasteiger partial charge is 0.251 e. The first kappa shape index (κ1) is 34.6. The molecule has 1 aliphatic heterocycles. The number of nitrogens with one attached hydrogen (secondary N) is 1. The Bertz CT molecular complexity index is 1760. The third-order valence-corrected chi connectivity index (χ3v) is 10.2. The normalized spacial score (nSPS) is 15.0. The molecule has 1 N–H and O–H groups in total. The van der Waals surface area contributed by atoms with E-state index in [4.69, 9.17) is 9.47 Å². The average Bonchev–Trinajstić information content (AvgIpc) is 3.88. The van der Waals surface area contributed by atoms with Gasteiger partial charge in [0.25, 0.3) is 5.91 Å². The van der Waals surface area contributed by atoms with Crippen LogP contribution in [-0.4, -0.2) is 52.6 Å². The van der Waals surface area contributed by atoms with Crippen molar-refractivity contribution in [1.82, 2.24) is 9.55 Å². The van der Waals surface area contributed by atoms with E-state index in [1.807, 2.05) is 48.7 Å². The van der Waals surface area contributed by atoms with Crippen LogP contribution >= 0.6 is 0 Å². The number of imidazole rings is 1. The van der Waals surface area contributed by atoms with Gasteiger partial charge >= 0.3 is 0 Å². The van der Waals surface area contributed by atoms with Crippen molar-refractivity contribution in [3.8, 4) is 16.9 Å². The molecule has 0 bridgehead atoms. The number of aromatic nitrogens is 2. The van der Waals surface area contributed by atoms with Crippen LogP contribution in [0.5, 0.6) is 5.75 Å². The lowest BCUT2D eigenvalue weighted by Crippen LogP contribution is -2.29. The molecule has 1 fully saturated rings. The number of carbonyl (C=O) groups is 1. The Morgan fingerprint density at radius 2 is 1.78 bits per heavy atom. The summed E-state index contributed by atoms with van der Waals surface area (Å²) in [5, 5.41) is 3.09. The zero-order valence-electron chi connectivity index (χ0n) is 28.9. The van der Waals surface area contributed by atoms with E-state index in [0.717, 1.165) is 89.8 Å². The number of rotatable bonds is 16. The van der Waals surface area contributed by atoms with Crippen molar-refractivity contribution >= 4 is 34.2 Å². The summed E-state index contributed by atoms with van der Waals surface area (Å²) in [4.78, 5) is 21.2. The number of carbonyl (C=O) groups excluding carboxylic acids is 1. The maximum atomic E-state index is 13.7. The molecule has 1 amide bonds. The van der Waals surface area contributed by atoms with Gasteiger partial charge in [0.15, 0.2) is 0 Å². The van der Waals surface area contributed by atoms with Crippen LogP contribution in [0.2, 0.25) is 0 Å². The minimum atomic E-state index is -1.22. The van der Waals surface area contributed by atoms with Crippen LogP contribution in [0.1, 0.15) is 70.3 Å². The predicted molar refractivity (Wildman–Crippen MR) is 198 cm³/mol. The topological polar surface area (TPSA) is 85.7 Å². The fourth-order valence-electron chi connectivity index (χ4n) is 6.14. The van der Waals surface area contributed by atoms with Gasteiger partial charge in [-0.25, -0.2) is 4.98 Å². The molecule has 1 aliphatic carbocycles. The largest absolute Gasteiger partial charge is 0.491 e. The lowest BCUT2D eigenvalue weighted by molar-refractivity contribution is -0.112. The van der Waals surface area contributed by atoms with Crippen LogP contribution < -0.4 is 15.0 Å². The van der Waals surface area contributed by atoms with Crippen molar-refractivity contribution in [2.45, 2.75) is 69.6 Å². The monoisotopic (exact) mass is 680 g/mol. The van der Waals surface area contributed by atoms with E-state index in [0.29, 0.717) is 43.0 Å². The summed E-state index contributed by atoms with van der Waals surface area (Å²) in [6.45, 7) is 10.1. The summed E-state index contributed by atoms with van der Waals surface area (Å²) in [7, 11) is -1.22. The molecular formula is C40H48N4O4S. The standard InChI is InChI=1S/C40H48N4O4S/c1-4-5-22-47-23-24-48-36-13-6-30(7-14-36)31-8-17-38-33(25-31)26-32(18-20-43(38)27-29(2)3)40(45)42-34-9-15-37(16-10-34)49(46)28-39-41-19-21-44(39)35-11-12-35/h6-10,13-17,19,21,25-26,29,35H,4-5,11-12,18,20,22-24,27-28H2,1-3H3,(H,42,45). The first-order valence-electron chi connectivity index (χ1n) is 17.6. The lowest BCUT2D eigenvalue weighted by Gasteiger charge is -2.27. The van der Waals surface area contributed by atoms with Gasteiger partial charge in [-0.3, -0.25) is 9.00 Å². The summed E-state index contributed by atoms with van der Waals surface area (Å²) >= 11 is 0. The number of fused-ring (bicyclic) bond motifs is 1. The van der Waals surface area contributed by atoms with Crippen LogP contribution in [0.3, 0.4) is 0 Å². The van der Waals surface area contributed by atoms with Crippen molar-refractivity contribution in [1.29, 1.82) is 0 Å². The molecule has 1 saturated carbocycles. The Hall–Kier alpha value is -4.21. The molecule has 0 saturated heterocycles. The first-order chi connectivity index (χ1) is 23.9. The summed E-state index contributed by atoms with van der Waals surface area (Å²) in [6, 6.07) is 22.5.